The minimum absolute atomic E-state index is 0.771. The summed E-state index contributed by atoms with van der Waals surface area (Å²) in [7, 11) is 0. The van der Waals surface area contributed by atoms with E-state index >= 15 is 0 Å². The largest absolute Gasteiger partial charge is 0.454 e. The number of pyridine rings is 1. The molecule has 0 bridgehead atoms. The molecule has 0 saturated carbocycles. The molecular weight excluding hydrogens is 585 g/mol. The van der Waals surface area contributed by atoms with Gasteiger partial charge in [-0.25, -0.2) is 4.98 Å². The molecule has 0 atom stereocenters. The Morgan fingerprint density at radius 1 is 0.396 bits per heavy atom. The third-order valence-electron chi connectivity index (χ3n) is 9.10. The van der Waals surface area contributed by atoms with Crippen LogP contribution in [0, 0.1) is 0 Å². The van der Waals surface area contributed by atoms with Crippen LogP contribution in [0.2, 0.25) is 0 Å². The van der Waals surface area contributed by atoms with Crippen LogP contribution in [0.4, 0.5) is 17.2 Å². The maximum absolute atomic E-state index is 6.33. The van der Waals surface area contributed by atoms with Crippen LogP contribution in [0.3, 0.4) is 0 Å². The Morgan fingerprint density at radius 2 is 0.938 bits per heavy atom. The molecule has 7 aromatic carbocycles. The van der Waals surface area contributed by atoms with E-state index in [0.29, 0.717) is 0 Å². The van der Waals surface area contributed by atoms with Crippen molar-refractivity contribution in [1.29, 1.82) is 0 Å². The Hall–Kier alpha value is -6.45. The molecule has 3 nitrogen and oxygen atoms in total. The number of anilines is 3. The number of nitrogens with zero attached hydrogens (tertiary/aromatic N) is 2. The van der Waals surface area contributed by atoms with Crippen molar-refractivity contribution in [3.8, 4) is 33.4 Å². The summed E-state index contributed by atoms with van der Waals surface area (Å²) >= 11 is 0. The average molecular weight is 615 g/mol. The molecule has 226 valence electrons. The van der Waals surface area contributed by atoms with Gasteiger partial charge in [-0.2, -0.15) is 0 Å². The summed E-state index contributed by atoms with van der Waals surface area (Å²) in [6.07, 6.45) is 1.86. The summed E-state index contributed by atoms with van der Waals surface area (Å²) in [6.45, 7) is 0. The first kappa shape index (κ1) is 27.8. The number of hydrogen-bond acceptors (Lipinski definition) is 3. The van der Waals surface area contributed by atoms with Crippen molar-refractivity contribution >= 4 is 49.9 Å². The van der Waals surface area contributed by atoms with E-state index in [1.165, 1.54) is 27.6 Å². The lowest BCUT2D eigenvalue weighted by Crippen LogP contribution is -2.11. The quantitative estimate of drug-likeness (QED) is 0.187. The second-order valence-corrected chi connectivity index (χ2v) is 12.0. The predicted octanol–water partition coefficient (Wildman–Crippen LogP) is 12.6. The van der Waals surface area contributed by atoms with E-state index in [0.717, 1.165) is 55.6 Å². The topological polar surface area (TPSA) is 29.3 Å². The summed E-state index contributed by atoms with van der Waals surface area (Å²) in [5.74, 6) is 0.817. The molecule has 0 N–H and O–H groups in total. The van der Waals surface area contributed by atoms with Crippen LogP contribution in [0.15, 0.2) is 187 Å². The number of aromatic nitrogens is 1. The lowest BCUT2D eigenvalue weighted by molar-refractivity contribution is 0.667. The van der Waals surface area contributed by atoms with Crippen LogP contribution in [0.25, 0.3) is 66.1 Å². The molecule has 0 radical (unpaired) electrons. The first-order chi connectivity index (χ1) is 23.8. The van der Waals surface area contributed by atoms with Gasteiger partial charge in [0.15, 0.2) is 5.58 Å². The van der Waals surface area contributed by atoms with E-state index in [9.17, 15) is 0 Å². The second kappa shape index (κ2) is 11.7. The van der Waals surface area contributed by atoms with Crippen molar-refractivity contribution in [2.24, 2.45) is 0 Å². The molecule has 0 saturated heterocycles. The fourth-order valence-electron chi connectivity index (χ4n) is 6.72. The lowest BCUT2D eigenvalue weighted by Gasteiger charge is -2.26. The molecule has 0 amide bonds. The summed E-state index contributed by atoms with van der Waals surface area (Å²) in [5, 5.41) is 4.46. The van der Waals surface area contributed by atoms with Crippen LogP contribution in [0.5, 0.6) is 0 Å². The first-order valence-electron chi connectivity index (χ1n) is 16.2. The normalized spacial score (nSPS) is 11.3. The molecule has 0 aliphatic heterocycles. The highest BCUT2D eigenvalue weighted by atomic mass is 16.3. The summed E-state index contributed by atoms with van der Waals surface area (Å²) in [6, 6.07) is 62.1. The lowest BCUT2D eigenvalue weighted by atomic mass is 9.93. The monoisotopic (exact) mass is 614 g/mol. The summed E-state index contributed by atoms with van der Waals surface area (Å²) in [4.78, 5) is 7.27. The molecule has 0 unspecified atom stereocenters. The van der Waals surface area contributed by atoms with Gasteiger partial charge in [0.2, 0.25) is 0 Å². The van der Waals surface area contributed by atoms with Gasteiger partial charge >= 0.3 is 0 Å². The number of fused-ring (bicyclic) bond motifs is 4. The Kier molecular flexibility index (Phi) is 6.80. The number of rotatable bonds is 6. The third kappa shape index (κ3) is 4.99. The highest BCUT2D eigenvalue weighted by Gasteiger charge is 2.19. The molecule has 2 aromatic heterocycles. The Bertz CT molecular complexity index is 2540. The number of furan rings is 1. The van der Waals surface area contributed by atoms with Crippen molar-refractivity contribution in [1.82, 2.24) is 4.98 Å². The maximum atomic E-state index is 6.33. The van der Waals surface area contributed by atoms with Crippen LogP contribution in [-0.2, 0) is 0 Å². The van der Waals surface area contributed by atoms with Gasteiger partial charge in [-0.05, 0) is 86.6 Å². The first-order valence-corrected chi connectivity index (χ1v) is 16.2. The van der Waals surface area contributed by atoms with Crippen molar-refractivity contribution in [2.45, 2.75) is 0 Å². The molecule has 0 aliphatic carbocycles. The van der Waals surface area contributed by atoms with Gasteiger partial charge in [-0.3, -0.25) is 4.90 Å². The van der Waals surface area contributed by atoms with Crippen LogP contribution >= 0.6 is 0 Å². The van der Waals surface area contributed by atoms with Crippen molar-refractivity contribution in [3.63, 3.8) is 0 Å². The van der Waals surface area contributed by atoms with Gasteiger partial charge in [-0.15, -0.1) is 0 Å². The molecular formula is C45H30N2O. The second-order valence-electron chi connectivity index (χ2n) is 12.0. The summed E-state index contributed by atoms with van der Waals surface area (Å²) < 4.78 is 6.33. The Labute approximate surface area is 279 Å². The molecule has 0 aliphatic rings. The minimum Gasteiger partial charge on any atom is -0.454 e. The van der Waals surface area contributed by atoms with Crippen molar-refractivity contribution in [3.05, 3.63) is 182 Å². The van der Waals surface area contributed by atoms with Crippen molar-refractivity contribution < 1.29 is 4.42 Å². The fraction of sp³-hybridized carbons (Fsp3) is 0. The molecule has 9 aromatic rings. The van der Waals surface area contributed by atoms with Gasteiger partial charge in [0, 0.05) is 22.1 Å². The van der Waals surface area contributed by atoms with E-state index in [1.54, 1.807) is 0 Å². The Balaban J connectivity index is 1.25. The molecule has 0 fully saturated rings. The van der Waals surface area contributed by atoms with E-state index in [2.05, 4.69) is 175 Å². The number of hydrogen-bond donors (Lipinski definition) is 0. The molecule has 48 heavy (non-hydrogen) atoms. The van der Waals surface area contributed by atoms with Gasteiger partial charge in [-0.1, -0.05) is 133 Å². The van der Waals surface area contributed by atoms with E-state index in [4.69, 9.17) is 9.40 Å². The standard InChI is InChI=1S/C45H30N2O/c1-4-12-31(13-5-1)32-20-22-37(23-21-32)47(38-24-25-39(33-14-6-2-7-15-33)40(28-38)34-16-8-3-9-17-34)45-29-42-41-26-35-18-10-11-19-36(35)27-43(41)48-44(42)30-46-45/h1-30H. The minimum atomic E-state index is 0.771. The third-order valence-corrected chi connectivity index (χ3v) is 9.10. The zero-order valence-corrected chi connectivity index (χ0v) is 26.1. The van der Waals surface area contributed by atoms with Gasteiger partial charge in [0.25, 0.3) is 0 Å². The molecule has 2 heterocycles. The SMILES string of the molecule is c1ccc(-c2ccc(N(c3ccc(-c4ccccc4)c(-c4ccccc4)c3)c3cc4c(cn3)oc3cc5ccccc5cc34)cc2)cc1. The van der Waals surface area contributed by atoms with Crippen molar-refractivity contribution in [2.75, 3.05) is 4.90 Å². The fourth-order valence-corrected chi connectivity index (χ4v) is 6.72. The van der Waals surface area contributed by atoms with Crippen LogP contribution in [0.1, 0.15) is 0 Å². The zero-order valence-electron chi connectivity index (χ0n) is 26.1. The zero-order chi connectivity index (χ0) is 31.9. The van der Waals surface area contributed by atoms with E-state index < -0.39 is 0 Å². The van der Waals surface area contributed by atoms with Crippen LogP contribution in [-0.4, -0.2) is 4.98 Å². The molecule has 0 spiro atoms. The average Bonchev–Trinajstić information content (AvgIpc) is 3.52. The predicted molar refractivity (Wildman–Crippen MR) is 200 cm³/mol. The maximum Gasteiger partial charge on any atom is 0.153 e. The highest BCUT2D eigenvalue weighted by molar-refractivity contribution is 6.10. The highest BCUT2D eigenvalue weighted by Crippen LogP contribution is 2.42. The Morgan fingerprint density at radius 3 is 1.62 bits per heavy atom. The summed E-state index contributed by atoms with van der Waals surface area (Å²) in [5.41, 5.74) is 10.7. The van der Waals surface area contributed by atoms with Gasteiger partial charge in [0.05, 0.1) is 6.20 Å². The smallest absolute Gasteiger partial charge is 0.153 e. The number of benzene rings is 7. The molecule has 9 rings (SSSR count). The van der Waals surface area contributed by atoms with E-state index in [-0.39, 0.29) is 0 Å². The molecule has 3 heteroatoms. The van der Waals surface area contributed by atoms with Gasteiger partial charge in [0.1, 0.15) is 11.4 Å². The van der Waals surface area contributed by atoms with Gasteiger partial charge < -0.3 is 4.42 Å². The van der Waals surface area contributed by atoms with Crippen LogP contribution < -0.4 is 4.90 Å². The van der Waals surface area contributed by atoms with E-state index in [1.807, 2.05) is 12.3 Å².